The third-order valence-corrected chi connectivity index (χ3v) is 5.40. The van der Waals surface area contributed by atoms with Crippen LogP contribution in [0.15, 0.2) is 40.9 Å². The standard InChI is InChI=1S/C17H16BrClN2O3S/c1-10-7-12-8-13(18)4-6-16(12)21(10)17(22)11-3-5-14(19)15(9-11)20-25(2,23)24/h3-6,8-10,20H,7H2,1-2H3/t10-/m0/s1. The molecule has 1 aliphatic rings. The van der Waals surface area contributed by atoms with Crippen LogP contribution >= 0.6 is 27.5 Å². The Bertz CT molecular complexity index is 962. The molecule has 132 valence electrons. The zero-order chi connectivity index (χ0) is 18.4. The fraction of sp³-hybridized carbons (Fsp3) is 0.235. The monoisotopic (exact) mass is 442 g/mol. The number of hydrogen-bond donors (Lipinski definition) is 1. The lowest BCUT2D eigenvalue weighted by Gasteiger charge is -2.23. The van der Waals surface area contributed by atoms with Gasteiger partial charge in [0.05, 0.1) is 17.0 Å². The molecule has 0 unspecified atom stereocenters. The minimum Gasteiger partial charge on any atom is -0.305 e. The smallest absolute Gasteiger partial charge is 0.258 e. The van der Waals surface area contributed by atoms with Crippen molar-refractivity contribution in [2.45, 2.75) is 19.4 Å². The Morgan fingerprint density at radius 1 is 1.28 bits per heavy atom. The molecule has 0 saturated heterocycles. The van der Waals surface area contributed by atoms with Crippen molar-refractivity contribution in [3.63, 3.8) is 0 Å². The molecule has 1 aliphatic heterocycles. The number of hydrogen-bond acceptors (Lipinski definition) is 3. The van der Waals surface area contributed by atoms with Crippen LogP contribution in [-0.4, -0.2) is 26.6 Å². The predicted molar refractivity (Wildman–Crippen MR) is 104 cm³/mol. The van der Waals surface area contributed by atoms with Gasteiger partial charge in [0.15, 0.2) is 0 Å². The topological polar surface area (TPSA) is 66.5 Å². The first kappa shape index (κ1) is 18.2. The predicted octanol–water partition coefficient (Wildman–Crippen LogP) is 4.07. The van der Waals surface area contributed by atoms with Crippen molar-refractivity contribution in [2.75, 3.05) is 15.9 Å². The summed E-state index contributed by atoms with van der Waals surface area (Å²) in [6.45, 7) is 1.98. The van der Waals surface area contributed by atoms with Crippen LogP contribution in [0.5, 0.6) is 0 Å². The highest BCUT2D eigenvalue weighted by molar-refractivity contribution is 9.10. The van der Waals surface area contributed by atoms with Gasteiger partial charge in [0.25, 0.3) is 5.91 Å². The van der Waals surface area contributed by atoms with Crippen LogP contribution in [0.25, 0.3) is 0 Å². The highest BCUT2D eigenvalue weighted by Crippen LogP contribution is 2.36. The van der Waals surface area contributed by atoms with Gasteiger partial charge in [-0.25, -0.2) is 8.42 Å². The number of rotatable bonds is 3. The van der Waals surface area contributed by atoms with Crippen LogP contribution in [-0.2, 0) is 16.4 Å². The summed E-state index contributed by atoms with van der Waals surface area (Å²) in [5, 5.41) is 0.237. The summed E-state index contributed by atoms with van der Waals surface area (Å²) in [6, 6.07) is 10.4. The number of nitrogens with one attached hydrogen (secondary N) is 1. The molecule has 0 saturated carbocycles. The number of halogens is 2. The second-order valence-corrected chi connectivity index (χ2v) is 9.14. The van der Waals surface area contributed by atoms with Gasteiger partial charge in [-0.2, -0.15) is 0 Å². The Morgan fingerprint density at radius 3 is 2.68 bits per heavy atom. The van der Waals surface area contributed by atoms with E-state index in [1.54, 1.807) is 11.0 Å². The number of amides is 1. The summed E-state index contributed by atoms with van der Waals surface area (Å²) in [7, 11) is -3.49. The molecule has 2 aromatic rings. The number of fused-ring (bicyclic) bond motifs is 1. The molecule has 1 amide bonds. The first-order valence-corrected chi connectivity index (χ1v) is 10.6. The van der Waals surface area contributed by atoms with Crippen molar-refractivity contribution in [1.29, 1.82) is 0 Å². The van der Waals surface area contributed by atoms with E-state index in [9.17, 15) is 13.2 Å². The Morgan fingerprint density at radius 2 is 2.00 bits per heavy atom. The van der Waals surface area contributed by atoms with E-state index in [0.717, 1.165) is 28.4 Å². The van der Waals surface area contributed by atoms with E-state index >= 15 is 0 Å². The highest BCUT2D eigenvalue weighted by atomic mass is 79.9. The van der Waals surface area contributed by atoms with Gasteiger partial charge < -0.3 is 4.90 Å². The number of benzene rings is 2. The zero-order valence-corrected chi connectivity index (χ0v) is 16.7. The van der Waals surface area contributed by atoms with Crippen molar-refractivity contribution >= 4 is 54.8 Å². The largest absolute Gasteiger partial charge is 0.305 e. The van der Waals surface area contributed by atoms with E-state index in [-0.39, 0.29) is 22.7 Å². The van der Waals surface area contributed by atoms with E-state index < -0.39 is 10.0 Å². The summed E-state index contributed by atoms with van der Waals surface area (Å²) in [5.41, 5.74) is 2.53. The van der Waals surface area contributed by atoms with Crippen LogP contribution in [0.2, 0.25) is 5.02 Å². The molecule has 1 atom stereocenters. The number of carbonyl (C=O) groups excluding carboxylic acids is 1. The summed E-state index contributed by atoms with van der Waals surface area (Å²) >= 11 is 9.49. The maximum Gasteiger partial charge on any atom is 0.258 e. The lowest BCUT2D eigenvalue weighted by molar-refractivity contribution is 0.0981. The van der Waals surface area contributed by atoms with Crippen molar-refractivity contribution in [2.24, 2.45) is 0 Å². The minimum atomic E-state index is -3.49. The number of nitrogens with zero attached hydrogens (tertiary/aromatic N) is 1. The molecular formula is C17H16BrClN2O3S. The average molecular weight is 444 g/mol. The second kappa shape index (κ2) is 6.63. The highest BCUT2D eigenvalue weighted by Gasteiger charge is 2.31. The van der Waals surface area contributed by atoms with Gasteiger partial charge in [0, 0.05) is 21.8 Å². The molecule has 0 aliphatic carbocycles. The average Bonchev–Trinajstić information content (AvgIpc) is 2.82. The first-order chi connectivity index (χ1) is 11.7. The van der Waals surface area contributed by atoms with E-state index in [1.807, 2.05) is 25.1 Å². The molecule has 0 fully saturated rings. The Balaban J connectivity index is 1.98. The Hall–Kier alpha value is -1.57. The molecule has 8 heteroatoms. The maximum atomic E-state index is 13.0. The Kier molecular flexibility index (Phi) is 4.83. The summed E-state index contributed by atoms with van der Waals surface area (Å²) in [6.07, 6.45) is 1.80. The van der Waals surface area contributed by atoms with E-state index in [0.29, 0.717) is 5.56 Å². The van der Waals surface area contributed by atoms with Gasteiger partial charge in [0.1, 0.15) is 0 Å². The Labute approximate surface area is 160 Å². The van der Waals surface area contributed by atoms with Gasteiger partial charge in [-0.05, 0) is 55.3 Å². The van der Waals surface area contributed by atoms with Gasteiger partial charge in [0.2, 0.25) is 10.0 Å². The van der Waals surface area contributed by atoms with Crippen molar-refractivity contribution < 1.29 is 13.2 Å². The van der Waals surface area contributed by atoms with Crippen molar-refractivity contribution in [3.05, 3.63) is 57.0 Å². The van der Waals surface area contributed by atoms with E-state index in [1.165, 1.54) is 12.1 Å². The minimum absolute atomic E-state index is 0.0128. The van der Waals surface area contributed by atoms with E-state index in [2.05, 4.69) is 20.7 Å². The number of carbonyl (C=O) groups is 1. The molecule has 0 radical (unpaired) electrons. The third kappa shape index (κ3) is 3.83. The quantitative estimate of drug-likeness (QED) is 0.778. The molecule has 0 aromatic heterocycles. The summed E-state index contributed by atoms with van der Waals surface area (Å²) in [4.78, 5) is 14.8. The lowest BCUT2D eigenvalue weighted by atomic mass is 10.1. The molecular weight excluding hydrogens is 428 g/mol. The van der Waals surface area contributed by atoms with Crippen LogP contribution in [0.1, 0.15) is 22.8 Å². The first-order valence-electron chi connectivity index (χ1n) is 7.55. The van der Waals surface area contributed by atoms with Gasteiger partial charge >= 0.3 is 0 Å². The van der Waals surface area contributed by atoms with Gasteiger partial charge in [-0.1, -0.05) is 27.5 Å². The molecule has 25 heavy (non-hydrogen) atoms. The van der Waals surface area contributed by atoms with E-state index in [4.69, 9.17) is 11.6 Å². The maximum absolute atomic E-state index is 13.0. The molecule has 0 spiro atoms. The third-order valence-electron chi connectivity index (χ3n) is 3.98. The SMILES string of the molecule is C[C@H]1Cc2cc(Br)ccc2N1C(=O)c1ccc(Cl)c(NS(C)(=O)=O)c1. The molecule has 5 nitrogen and oxygen atoms in total. The summed E-state index contributed by atoms with van der Waals surface area (Å²) < 4.78 is 26.2. The zero-order valence-electron chi connectivity index (χ0n) is 13.6. The number of sulfonamides is 1. The second-order valence-electron chi connectivity index (χ2n) is 6.07. The van der Waals surface area contributed by atoms with Crippen LogP contribution in [0.4, 0.5) is 11.4 Å². The summed E-state index contributed by atoms with van der Waals surface area (Å²) in [5.74, 6) is -0.193. The lowest BCUT2D eigenvalue weighted by Crippen LogP contribution is -2.35. The molecule has 3 rings (SSSR count). The van der Waals surface area contributed by atoms with Crippen LogP contribution in [0, 0.1) is 0 Å². The number of anilines is 2. The fourth-order valence-corrected chi connectivity index (χ4v) is 4.18. The molecule has 0 bridgehead atoms. The van der Waals surface area contributed by atoms with Gasteiger partial charge in [-0.15, -0.1) is 0 Å². The molecule has 1 N–H and O–H groups in total. The van der Waals surface area contributed by atoms with Crippen LogP contribution < -0.4 is 9.62 Å². The van der Waals surface area contributed by atoms with Crippen molar-refractivity contribution in [3.8, 4) is 0 Å². The van der Waals surface area contributed by atoms with Gasteiger partial charge in [-0.3, -0.25) is 9.52 Å². The normalized spacial score (nSPS) is 16.6. The molecule has 2 aromatic carbocycles. The fourth-order valence-electron chi connectivity index (χ4n) is 2.98. The van der Waals surface area contributed by atoms with Crippen LogP contribution in [0.3, 0.4) is 0 Å². The van der Waals surface area contributed by atoms with Crippen molar-refractivity contribution in [1.82, 2.24) is 0 Å². The molecule has 1 heterocycles.